The van der Waals surface area contributed by atoms with E-state index in [2.05, 4.69) is 42.6 Å². The lowest BCUT2D eigenvalue weighted by Gasteiger charge is -2.19. The number of unbranched alkanes of at least 4 members (excludes halogenated alkanes) is 4. The number of nitrogens with one attached hydrogen (secondary N) is 2. The van der Waals surface area contributed by atoms with Crippen molar-refractivity contribution in [1.82, 2.24) is 19.4 Å². The molecule has 0 unspecified atom stereocenters. The molecule has 1 aliphatic carbocycles. The standard InChI is InChI=1S/C29H37N7O2S/c1-35(2)28(38)25-17-21-19-31-29(34-27(21)36(25)24-13-7-8-14-24)33-23-12-10-11-22(18-23)32-26(37)15-6-4-3-5-9-16-30-20-39/h10-12,17-19,24H,3-9,13-16H2,1-2H3,(H,32,37)(H,31,33,34). The van der Waals surface area contributed by atoms with Crippen molar-refractivity contribution in [2.75, 3.05) is 31.3 Å². The Morgan fingerprint density at radius 1 is 1.10 bits per heavy atom. The SMILES string of the molecule is CN(C)C(=O)c1cc2cnc(Nc3cccc(NC(=O)CCCCCCCN=C=S)c3)nc2n1C1CCCC1. The fourth-order valence-corrected chi connectivity index (χ4v) is 5.17. The fraction of sp³-hybridized carbons (Fsp3) is 0.483. The van der Waals surface area contributed by atoms with Gasteiger partial charge >= 0.3 is 0 Å². The van der Waals surface area contributed by atoms with Crippen LogP contribution >= 0.6 is 12.2 Å². The first-order chi connectivity index (χ1) is 19.0. The van der Waals surface area contributed by atoms with E-state index in [9.17, 15) is 9.59 Å². The normalized spacial score (nSPS) is 13.3. The topological polar surface area (TPSA) is 105 Å². The van der Waals surface area contributed by atoms with E-state index in [1.165, 1.54) is 0 Å². The number of anilines is 3. The molecule has 2 N–H and O–H groups in total. The zero-order valence-corrected chi connectivity index (χ0v) is 23.6. The summed E-state index contributed by atoms with van der Waals surface area (Å²) in [6.45, 7) is 0.734. The largest absolute Gasteiger partial charge is 0.343 e. The van der Waals surface area contributed by atoms with Gasteiger partial charge in [-0.1, -0.05) is 38.2 Å². The van der Waals surface area contributed by atoms with Crippen molar-refractivity contribution in [2.24, 2.45) is 4.99 Å². The first-order valence-electron chi connectivity index (χ1n) is 13.8. The highest BCUT2D eigenvalue weighted by Crippen LogP contribution is 2.35. The number of hydrogen-bond acceptors (Lipinski definition) is 7. The molecule has 0 aliphatic heterocycles. The molecule has 206 valence electrons. The van der Waals surface area contributed by atoms with Gasteiger partial charge in [0.25, 0.3) is 5.91 Å². The molecule has 0 radical (unpaired) electrons. The first-order valence-corrected chi connectivity index (χ1v) is 14.2. The summed E-state index contributed by atoms with van der Waals surface area (Å²) in [5, 5.41) is 9.49. The molecule has 1 fully saturated rings. The van der Waals surface area contributed by atoms with E-state index in [1.54, 1.807) is 25.2 Å². The van der Waals surface area contributed by atoms with E-state index in [0.717, 1.165) is 86.7 Å². The summed E-state index contributed by atoms with van der Waals surface area (Å²) < 4.78 is 2.10. The minimum absolute atomic E-state index is 0.00241. The molecule has 39 heavy (non-hydrogen) atoms. The lowest BCUT2D eigenvalue weighted by atomic mass is 10.1. The summed E-state index contributed by atoms with van der Waals surface area (Å²) in [6.07, 6.45) is 11.7. The van der Waals surface area contributed by atoms with Crippen LogP contribution in [-0.4, -0.2) is 57.1 Å². The van der Waals surface area contributed by atoms with Crippen LogP contribution in [0, 0.1) is 0 Å². The number of nitrogens with zero attached hydrogens (tertiary/aromatic N) is 5. The molecule has 2 heterocycles. The predicted molar refractivity (Wildman–Crippen MR) is 159 cm³/mol. The third kappa shape index (κ3) is 7.71. The van der Waals surface area contributed by atoms with Crippen LogP contribution in [0.15, 0.2) is 41.5 Å². The molecule has 2 amide bonds. The summed E-state index contributed by atoms with van der Waals surface area (Å²) in [5.41, 5.74) is 2.91. The second-order valence-electron chi connectivity index (χ2n) is 10.3. The molecule has 0 spiro atoms. The lowest BCUT2D eigenvalue weighted by Crippen LogP contribution is -2.25. The monoisotopic (exact) mass is 547 g/mol. The molecule has 3 aromatic rings. The van der Waals surface area contributed by atoms with Gasteiger partial charge in [-0.15, -0.1) is 0 Å². The molecule has 1 aromatic carbocycles. The summed E-state index contributed by atoms with van der Waals surface area (Å²) in [4.78, 5) is 40.2. The Hall–Kier alpha value is -3.62. The van der Waals surface area contributed by atoms with Gasteiger partial charge in [0.15, 0.2) is 0 Å². The zero-order chi connectivity index (χ0) is 27.6. The maximum absolute atomic E-state index is 12.9. The molecule has 2 aromatic heterocycles. The number of amides is 2. The Morgan fingerprint density at radius 3 is 2.62 bits per heavy atom. The Bertz CT molecular complexity index is 1340. The number of carbonyl (C=O) groups is 2. The second kappa shape index (κ2) is 14.0. The number of isothiocyanates is 1. The van der Waals surface area contributed by atoms with Crippen LogP contribution in [0.4, 0.5) is 17.3 Å². The minimum Gasteiger partial charge on any atom is -0.343 e. The molecule has 1 aliphatic rings. The second-order valence-corrected chi connectivity index (χ2v) is 10.4. The fourth-order valence-electron chi connectivity index (χ4n) is 5.07. The highest BCUT2D eigenvalue weighted by Gasteiger charge is 2.26. The van der Waals surface area contributed by atoms with Gasteiger partial charge in [0.1, 0.15) is 11.3 Å². The summed E-state index contributed by atoms with van der Waals surface area (Å²) in [5.74, 6) is 0.417. The first kappa shape index (κ1) is 28.4. The highest BCUT2D eigenvalue weighted by molar-refractivity contribution is 7.78. The molecule has 10 heteroatoms. The molecule has 4 rings (SSSR count). The molecular formula is C29H37N7O2S. The maximum atomic E-state index is 12.9. The van der Waals surface area contributed by atoms with Crippen molar-refractivity contribution in [3.63, 3.8) is 0 Å². The Morgan fingerprint density at radius 2 is 1.85 bits per heavy atom. The zero-order valence-electron chi connectivity index (χ0n) is 22.8. The molecule has 0 bridgehead atoms. The maximum Gasteiger partial charge on any atom is 0.270 e. The number of hydrogen-bond donors (Lipinski definition) is 2. The van der Waals surface area contributed by atoms with Crippen LogP contribution in [0.25, 0.3) is 11.0 Å². The third-order valence-corrected chi connectivity index (χ3v) is 7.16. The number of aliphatic imine (C=N–C) groups is 1. The van der Waals surface area contributed by atoms with Crippen LogP contribution in [0.1, 0.15) is 80.7 Å². The van der Waals surface area contributed by atoms with E-state index in [1.807, 2.05) is 30.3 Å². The van der Waals surface area contributed by atoms with Gasteiger partial charge in [-0.2, -0.15) is 4.98 Å². The average molecular weight is 548 g/mol. The van der Waals surface area contributed by atoms with E-state index in [4.69, 9.17) is 4.98 Å². The highest BCUT2D eigenvalue weighted by atomic mass is 32.1. The van der Waals surface area contributed by atoms with Crippen LogP contribution in [0.5, 0.6) is 0 Å². The van der Waals surface area contributed by atoms with Gasteiger partial charge < -0.3 is 20.1 Å². The lowest BCUT2D eigenvalue weighted by molar-refractivity contribution is -0.116. The smallest absolute Gasteiger partial charge is 0.270 e. The number of benzene rings is 1. The number of rotatable bonds is 13. The van der Waals surface area contributed by atoms with Crippen molar-refractivity contribution < 1.29 is 9.59 Å². The average Bonchev–Trinajstić information content (AvgIpc) is 3.57. The number of thiocarbonyl (C=S) groups is 1. The van der Waals surface area contributed by atoms with Gasteiger partial charge in [0.2, 0.25) is 11.9 Å². The Labute approximate surface area is 235 Å². The van der Waals surface area contributed by atoms with Crippen molar-refractivity contribution in [1.29, 1.82) is 0 Å². The van der Waals surface area contributed by atoms with Crippen molar-refractivity contribution in [3.05, 3.63) is 42.2 Å². The van der Waals surface area contributed by atoms with Crippen LogP contribution in [-0.2, 0) is 4.79 Å². The van der Waals surface area contributed by atoms with Crippen molar-refractivity contribution >= 4 is 57.6 Å². The van der Waals surface area contributed by atoms with Crippen LogP contribution in [0.2, 0.25) is 0 Å². The van der Waals surface area contributed by atoms with Crippen LogP contribution < -0.4 is 10.6 Å². The predicted octanol–water partition coefficient (Wildman–Crippen LogP) is 6.37. The van der Waals surface area contributed by atoms with Gasteiger partial charge in [-0.25, -0.2) is 9.98 Å². The van der Waals surface area contributed by atoms with E-state index < -0.39 is 0 Å². The summed E-state index contributed by atoms with van der Waals surface area (Å²) in [6, 6.07) is 9.69. The quantitative estimate of drug-likeness (QED) is 0.146. The Balaban J connectivity index is 1.39. The van der Waals surface area contributed by atoms with Crippen molar-refractivity contribution in [3.8, 4) is 0 Å². The van der Waals surface area contributed by atoms with Gasteiger partial charge in [0, 0.05) is 56.1 Å². The molecular weight excluding hydrogens is 510 g/mol. The van der Waals surface area contributed by atoms with Gasteiger partial charge in [-0.3, -0.25) is 9.59 Å². The van der Waals surface area contributed by atoms with E-state index in [0.29, 0.717) is 18.1 Å². The molecule has 9 nitrogen and oxygen atoms in total. The van der Waals surface area contributed by atoms with E-state index >= 15 is 0 Å². The number of aromatic nitrogens is 3. The number of fused-ring (bicyclic) bond motifs is 1. The van der Waals surface area contributed by atoms with Gasteiger partial charge in [-0.05, 0) is 62.2 Å². The molecule has 1 saturated carbocycles. The van der Waals surface area contributed by atoms with Crippen molar-refractivity contribution in [2.45, 2.75) is 70.3 Å². The summed E-state index contributed by atoms with van der Waals surface area (Å²) >= 11 is 4.57. The molecule has 0 atom stereocenters. The van der Waals surface area contributed by atoms with E-state index in [-0.39, 0.29) is 17.9 Å². The Kier molecular flexibility index (Phi) is 10.2. The van der Waals surface area contributed by atoms with Crippen LogP contribution in [0.3, 0.4) is 0 Å². The molecule has 0 saturated heterocycles. The number of carbonyl (C=O) groups excluding carboxylic acids is 2. The van der Waals surface area contributed by atoms with Gasteiger partial charge in [0.05, 0.1) is 5.16 Å². The summed E-state index contributed by atoms with van der Waals surface area (Å²) in [7, 11) is 3.54. The third-order valence-electron chi connectivity index (χ3n) is 7.03. The minimum atomic E-state index is -0.0328.